The highest BCUT2D eigenvalue weighted by Gasteiger charge is 2.40. The molecular formula is C12H16ClN. The van der Waals surface area contributed by atoms with Crippen molar-refractivity contribution in [2.24, 2.45) is 5.73 Å². The molecule has 1 nitrogen and oxygen atoms in total. The molecule has 2 N–H and O–H groups in total. The third kappa shape index (κ3) is 1.79. The molecule has 0 radical (unpaired) electrons. The first kappa shape index (κ1) is 10.0. The van der Waals surface area contributed by atoms with Gasteiger partial charge in [-0.3, -0.25) is 0 Å². The zero-order chi connectivity index (χ0) is 10.3. The van der Waals surface area contributed by atoms with Crippen LogP contribution in [0.4, 0.5) is 0 Å². The lowest BCUT2D eigenvalue weighted by atomic mass is 9.97. The molecule has 0 heterocycles. The van der Waals surface area contributed by atoms with Gasteiger partial charge in [-0.2, -0.15) is 0 Å². The molecule has 0 bridgehead atoms. The molecule has 0 atom stereocenters. The fourth-order valence-electron chi connectivity index (χ4n) is 1.66. The molecule has 14 heavy (non-hydrogen) atoms. The van der Waals surface area contributed by atoms with Gasteiger partial charge in [0.15, 0.2) is 0 Å². The molecule has 1 aliphatic carbocycles. The summed E-state index contributed by atoms with van der Waals surface area (Å²) in [7, 11) is 0. The summed E-state index contributed by atoms with van der Waals surface area (Å²) in [4.78, 5) is 0. The molecule has 2 rings (SSSR count). The molecule has 0 amide bonds. The third-order valence-corrected chi connectivity index (χ3v) is 3.17. The molecule has 2 heteroatoms. The zero-order valence-corrected chi connectivity index (χ0v) is 9.43. The molecule has 0 unspecified atom stereocenters. The van der Waals surface area contributed by atoms with E-state index in [0.717, 1.165) is 17.9 Å². The summed E-state index contributed by atoms with van der Waals surface area (Å²) in [5.41, 5.74) is 8.56. The summed E-state index contributed by atoms with van der Waals surface area (Å²) >= 11 is 6.07. The molecule has 0 aromatic heterocycles. The van der Waals surface area contributed by atoms with Crippen molar-refractivity contribution in [1.82, 2.24) is 0 Å². The Morgan fingerprint density at radius 3 is 2.43 bits per heavy atom. The fourth-order valence-corrected chi connectivity index (χ4v) is 1.90. The summed E-state index contributed by atoms with van der Waals surface area (Å²) in [6.45, 7) is 4.34. The molecule has 1 aromatic rings. The van der Waals surface area contributed by atoms with E-state index in [1.807, 2.05) is 12.1 Å². The van der Waals surface area contributed by atoms with E-state index in [2.05, 4.69) is 19.9 Å². The van der Waals surface area contributed by atoms with Crippen LogP contribution in [-0.2, 0) is 5.54 Å². The maximum atomic E-state index is 6.15. The van der Waals surface area contributed by atoms with Gasteiger partial charge in [-0.25, -0.2) is 0 Å². The van der Waals surface area contributed by atoms with Crippen LogP contribution in [0.25, 0.3) is 0 Å². The van der Waals surface area contributed by atoms with Gasteiger partial charge in [0.25, 0.3) is 0 Å². The first-order valence-corrected chi connectivity index (χ1v) is 5.49. The molecule has 0 aliphatic heterocycles. The minimum absolute atomic E-state index is 0.0749. The lowest BCUT2D eigenvalue weighted by Crippen LogP contribution is -2.18. The van der Waals surface area contributed by atoms with E-state index in [9.17, 15) is 0 Å². The van der Waals surface area contributed by atoms with E-state index in [0.29, 0.717) is 5.92 Å². The number of hydrogen-bond donors (Lipinski definition) is 1. The van der Waals surface area contributed by atoms with Crippen LogP contribution in [0.1, 0.15) is 43.7 Å². The highest BCUT2D eigenvalue weighted by Crippen LogP contribution is 2.44. The summed E-state index contributed by atoms with van der Waals surface area (Å²) in [5, 5.41) is 0.808. The van der Waals surface area contributed by atoms with Crippen molar-refractivity contribution < 1.29 is 0 Å². The van der Waals surface area contributed by atoms with E-state index in [1.165, 1.54) is 11.1 Å². The van der Waals surface area contributed by atoms with Crippen molar-refractivity contribution in [2.75, 3.05) is 0 Å². The fraction of sp³-hybridized carbons (Fsp3) is 0.500. The molecule has 0 saturated heterocycles. The van der Waals surface area contributed by atoms with Gasteiger partial charge in [0.1, 0.15) is 0 Å². The summed E-state index contributed by atoms with van der Waals surface area (Å²) < 4.78 is 0. The van der Waals surface area contributed by atoms with Crippen LogP contribution >= 0.6 is 11.6 Å². The minimum atomic E-state index is -0.0749. The van der Waals surface area contributed by atoms with Crippen LogP contribution in [0.5, 0.6) is 0 Å². The van der Waals surface area contributed by atoms with E-state index >= 15 is 0 Å². The molecule has 1 saturated carbocycles. The van der Waals surface area contributed by atoms with Crippen LogP contribution in [0.3, 0.4) is 0 Å². The van der Waals surface area contributed by atoms with Crippen LogP contribution in [-0.4, -0.2) is 0 Å². The molecule has 1 aliphatic rings. The quantitative estimate of drug-likeness (QED) is 0.794. The van der Waals surface area contributed by atoms with Crippen molar-refractivity contribution in [3.63, 3.8) is 0 Å². The monoisotopic (exact) mass is 209 g/mol. The van der Waals surface area contributed by atoms with Gasteiger partial charge < -0.3 is 5.73 Å². The van der Waals surface area contributed by atoms with E-state index in [1.54, 1.807) is 0 Å². The summed E-state index contributed by atoms with van der Waals surface area (Å²) in [6, 6.07) is 6.23. The smallest absolute Gasteiger partial charge is 0.0412 e. The van der Waals surface area contributed by atoms with Crippen molar-refractivity contribution in [3.8, 4) is 0 Å². The highest BCUT2D eigenvalue weighted by molar-refractivity contribution is 6.30. The summed E-state index contributed by atoms with van der Waals surface area (Å²) in [5.74, 6) is 0.509. The summed E-state index contributed by atoms with van der Waals surface area (Å²) in [6.07, 6.45) is 2.18. The van der Waals surface area contributed by atoms with Crippen LogP contribution in [0.15, 0.2) is 18.2 Å². The van der Waals surface area contributed by atoms with E-state index in [-0.39, 0.29) is 5.54 Å². The molecule has 0 spiro atoms. The average molecular weight is 210 g/mol. The van der Waals surface area contributed by atoms with Crippen molar-refractivity contribution >= 4 is 11.6 Å². The molecular weight excluding hydrogens is 194 g/mol. The maximum absolute atomic E-state index is 6.15. The Kier molecular flexibility index (Phi) is 2.32. The van der Waals surface area contributed by atoms with Crippen LogP contribution in [0, 0.1) is 0 Å². The second-order valence-electron chi connectivity index (χ2n) is 4.58. The standard InChI is InChI=1S/C12H16ClN/c1-8(2)9-5-10(7-11(13)6-9)12(14)3-4-12/h5-8H,3-4,14H2,1-2H3. The largest absolute Gasteiger partial charge is 0.321 e. The van der Waals surface area contributed by atoms with Crippen LogP contribution < -0.4 is 5.73 Å². The maximum Gasteiger partial charge on any atom is 0.0412 e. The van der Waals surface area contributed by atoms with Crippen molar-refractivity contribution in [3.05, 3.63) is 34.3 Å². The first-order chi connectivity index (χ1) is 6.51. The lowest BCUT2D eigenvalue weighted by molar-refractivity contribution is 0.734. The second kappa shape index (κ2) is 3.25. The second-order valence-corrected chi connectivity index (χ2v) is 5.02. The predicted octanol–water partition coefficient (Wildman–Crippen LogP) is 3.41. The molecule has 1 aromatic carbocycles. The Labute approximate surface area is 90.3 Å². The number of nitrogens with two attached hydrogens (primary N) is 1. The molecule has 1 fully saturated rings. The Balaban J connectivity index is 2.42. The van der Waals surface area contributed by atoms with Crippen molar-refractivity contribution in [2.45, 2.75) is 38.1 Å². The Morgan fingerprint density at radius 2 is 1.93 bits per heavy atom. The number of hydrogen-bond acceptors (Lipinski definition) is 1. The highest BCUT2D eigenvalue weighted by atomic mass is 35.5. The van der Waals surface area contributed by atoms with E-state index in [4.69, 9.17) is 17.3 Å². The third-order valence-electron chi connectivity index (χ3n) is 2.95. The van der Waals surface area contributed by atoms with E-state index < -0.39 is 0 Å². The van der Waals surface area contributed by atoms with Gasteiger partial charge >= 0.3 is 0 Å². The van der Waals surface area contributed by atoms with Gasteiger partial charge in [0.05, 0.1) is 0 Å². The van der Waals surface area contributed by atoms with Crippen LogP contribution in [0.2, 0.25) is 5.02 Å². The normalized spacial score (nSPS) is 18.6. The minimum Gasteiger partial charge on any atom is -0.321 e. The zero-order valence-electron chi connectivity index (χ0n) is 8.68. The molecule has 76 valence electrons. The predicted molar refractivity (Wildman–Crippen MR) is 60.6 cm³/mol. The van der Waals surface area contributed by atoms with Gasteiger partial charge in [-0.15, -0.1) is 0 Å². The Hall–Kier alpha value is -0.530. The van der Waals surface area contributed by atoms with Gasteiger partial charge in [0, 0.05) is 10.6 Å². The Bertz CT molecular complexity index is 353. The Morgan fingerprint density at radius 1 is 1.29 bits per heavy atom. The number of benzene rings is 1. The van der Waals surface area contributed by atoms with Crippen molar-refractivity contribution in [1.29, 1.82) is 0 Å². The topological polar surface area (TPSA) is 26.0 Å². The lowest BCUT2D eigenvalue weighted by Gasteiger charge is -2.13. The number of halogens is 1. The van der Waals surface area contributed by atoms with Gasteiger partial charge in [0.2, 0.25) is 0 Å². The van der Waals surface area contributed by atoms with Gasteiger partial charge in [-0.1, -0.05) is 31.5 Å². The number of rotatable bonds is 2. The SMILES string of the molecule is CC(C)c1cc(Cl)cc(C2(N)CC2)c1. The van der Waals surface area contributed by atoms with Gasteiger partial charge in [-0.05, 0) is 42.0 Å². The first-order valence-electron chi connectivity index (χ1n) is 5.11. The average Bonchev–Trinajstić information content (AvgIpc) is 2.84.